The normalized spacial score (nSPS) is 10.1. The zero-order valence-electron chi connectivity index (χ0n) is 8.47. The number of aryl methyl sites for hydroxylation is 1. The van der Waals surface area contributed by atoms with Gasteiger partial charge in [-0.3, -0.25) is 4.79 Å². The number of hydrogen-bond acceptors (Lipinski definition) is 4. The molecule has 1 amide bonds. The highest BCUT2D eigenvalue weighted by Crippen LogP contribution is 1.97. The highest BCUT2D eigenvalue weighted by molar-refractivity contribution is 5.75. The molecule has 0 radical (unpaired) electrons. The molecule has 0 aliphatic heterocycles. The second kappa shape index (κ2) is 4.59. The standard InChI is InChI=1S/C8H15N5O/c1-12(2)8(14)4-3-5-13-10-6-7(9)11-13/h6H,3-5H2,1-2H3,(H2,9,11). The maximum absolute atomic E-state index is 11.2. The Labute approximate surface area is 82.7 Å². The Kier molecular flexibility index (Phi) is 3.44. The molecular weight excluding hydrogens is 182 g/mol. The van der Waals surface area contributed by atoms with Gasteiger partial charge in [0.25, 0.3) is 0 Å². The number of carbonyl (C=O) groups is 1. The van der Waals surface area contributed by atoms with E-state index >= 15 is 0 Å². The van der Waals surface area contributed by atoms with Crippen LogP contribution < -0.4 is 5.73 Å². The summed E-state index contributed by atoms with van der Waals surface area (Å²) < 4.78 is 0. The largest absolute Gasteiger partial charge is 0.381 e. The lowest BCUT2D eigenvalue weighted by Gasteiger charge is -2.09. The molecule has 1 heterocycles. The van der Waals surface area contributed by atoms with Crippen molar-refractivity contribution in [2.75, 3.05) is 19.8 Å². The van der Waals surface area contributed by atoms with E-state index < -0.39 is 0 Å². The van der Waals surface area contributed by atoms with E-state index in [2.05, 4.69) is 10.2 Å². The predicted octanol–water partition coefficient (Wildman–Crippen LogP) is -0.271. The second-order valence-corrected chi connectivity index (χ2v) is 3.26. The zero-order chi connectivity index (χ0) is 10.6. The van der Waals surface area contributed by atoms with Gasteiger partial charge in [-0.05, 0) is 6.42 Å². The first-order chi connectivity index (χ1) is 6.59. The zero-order valence-corrected chi connectivity index (χ0v) is 8.47. The van der Waals surface area contributed by atoms with E-state index in [1.54, 1.807) is 19.0 Å². The van der Waals surface area contributed by atoms with Crippen molar-refractivity contribution in [3.63, 3.8) is 0 Å². The van der Waals surface area contributed by atoms with Crippen LogP contribution in [0.5, 0.6) is 0 Å². The third-order valence-corrected chi connectivity index (χ3v) is 1.80. The van der Waals surface area contributed by atoms with E-state index in [9.17, 15) is 4.79 Å². The summed E-state index contributed by atoms with van der Waals surface area (Å²) in [6.07, 6.45) is 2.73. The molecule has 1 rings (SSSR count). The molecule has 0 fully saturated rings. The average molecular weight is 197 g/mol. The Morgan fingerprint density at radius 2 is 2.36 bits per heavy atom. The molecule has 1 aromatic heterocycles. The lowest BCUT2D eigenvalue weighted by Crippen LogP contribution is -2.21. The first-order valence-corrected chi connectivity index (χ1v) is 4.45. The summed E-state index contributed by atoms with van der Waals surface area (Å²) in [5.74, 6) is 0.522. The van der Waals surface area contributed by atoms with Crippen LogP contribution in [0.15, 0.2) is 6.20 Å². The minimum Gasteiger partial charge on any atom is -0.381 e. The van der Waals surface area contributed by atoms with Gasteiger partial charge in [-0.25, -0.2) is 0 Å². The summed E-state index contributed by atoms with van der Waals surface area (Å²) in [4.78, 5) is 14.3. The number of carbonyl (C=O) groups excluding carboxylic acids is 1. The molecule has 0 spiro atoms. The fraction of sp³-hybridized carbons (Fsp3) is 0.625. The van der Waals surface area contributed by atoms with Crippen molar-refractivity contribution in [3.8, 4) is 0 Å². The summed E-state index contributed by atoms with van der Waals surface area (Å²) in [5, 5.41) is 7.82. The number of hydrogen-bond donors (Lipinski definition) is 1. The topological polar surface area (TPSA) is 77.0 Å². The average Bonchev–Trinajstić information content (AvgIpc) is 2.51. The van der Waals surface area contributed by atoms with Crippen molar-refractivity contribution in [1.82, 2.24) is 19.9 Å². The van der Waals surface area contributed by atoms with Crippen molar-refractivity contribution >= 4 is 11.7 Å². The quantitative estimate of drug-likeness (QED) is 0.720. The fourth-order valence-corrected chi connectivity index (χ4v) is 1.01. The number of amides is 1. The molecule has 0 atom stereocenters. The van der Waals surface area contributed by atoms with Crippen LogP contribution in [0.2, 0.25) is 0 Å². The Morgan fingerprint density at radius 1 is 1.64 bits per heavy atom. The number of anilines is 1. The SMILES string of the molecule is CN(C)C(=O)CCCn1ncc(N)n1. The minimum atomic E-state index is 0.116. The second-order valence-electron chi connectivity index (χ2n) is 3.26. The van der Waals surface area contributed by atoms with E-state index in [1.807, 2.05) is 0 Å². The van der Waals surface area contributed by atoms with Gasteiger partial charge in [0.2, 0.25) is 5.91 Å². The van der Waals surface area contributed by atoms with Gasteiger partial charge >= 0.3 is 0 Å². The summed E-state index contributed by atoms with van der Waals surface area (Å²) in [6, 6.07) is 0. The van der Waals surface area contributed by atoms with Gasteiger partial charge in [0.1, 0.15) is 0 Å². The molecule has 0 aliphatic carbocycles. The van der Waals surface area contributed by atoms with E-state index in [-0.39, 0.29) is 5.91 Å². The maximum atomic E-state index is 11.2. The maximum Gasteiger partial charge on any atom is 0.222 e. The highest BCUT2D eigenvalue weighted by atomic mass is 16.2. The number of nitrogens with two attached hydrogens (primary N) is 1. The molecule has 6 heteroatoms. The third-order valence-electron chi connectivity index (χ3n) is 1.80. The van der Waals surface area contributed by atoms with E-state index in [0.29, 0.717) is 18.8 Å². The molecular formula is C8H15N5O. The Hall–Kier alpha value is -1.59. The summed E-state index contributed by atoms with van der Waals surface area (Å²) >= 11 is 0. The molecule has 1 aromatic rings. The molecule has 0 unspecified atom stereocenters. The van der Waals surface area contributed by atoms with Crippen LogP contribution in [-0.4, -0.2) is 39.9 Å². The van der Waals surface area contributed by atoms with E-state index in [4.69, 9.17) is 5.73 Å². The number of rotatable bonds is 4. The Balaban J connectivity index is 2.25. The molecule has 0 saturated carbocycles. The smallest absolute Gasteiger partial charge is 0.222 e. The summed E-state index contributed by atoms with van der Waals surface area (Å²) in [7, 11) is 3.49. The van der Waals surface area contributed by atoms with Gasteiger partial charge in [-0.1, -0.05) is 0 Å². The van der Waals surface area contributed by atoms with Crippen LogP contribution in [-0.2, 0) is 11.3 Å². The molecule has 0 saturated heterocycles. The number of nitrogens with zero attached hydrogens (tertiary/aromatic N) is 4. The van der Waals surface area contributed by atoms with Gasteiger partial charge in [-0.2, -0.15) is 9.90 Å². The van der Waals surface area contributed by atoms with Crippen LogP contribution in [0.1, 0.15) is 12.8 Å². The van der Waals surface area contributed by atoms with Crippen molar-refractivity contribution < 1.29 is 4.79 Å². The van der Waals surface area contributed by atoms with Gasteiger partial charge < -0.3 is 10.6 Å². The Bertz CT molecular complexity index is 306. The van der Waals surface area contributed by atoms with Crippen molar-refractivity contribution in [3.05, 3.63) is 6.20 Å². The fourth-order valence-electron chi connectivity index (χ4n) is 1.01. The lowest BCUT2D eigenvalue weighted by molar-refractivity contribution is -0.128. The van der Waals surface area contributed by atoms with Gasteiger partial charge in [-0.15, -0.1) is 5.10 Å². The lowest BCUT2D eigenvalue weighted by atomic mass is 10.3. The molecule has 0 aromatic carbocycles. The van der Waals surface area contributed by atoms with Crippen LogP contribution >= 0.6 is 0 Å². The van der Waals surface area contributed by atoms with Gasteiger partial charge in [0, 0.05) is 20.5 Å². The molecule has 0 aliphatic rings. The summed E-state index contributed by atoms with van der Waals surface area (Å²) in [5.41, 5.74) is 5.39. The van der Waals surface area contributed by atoms with Crippen molar-refractivity contribution in [2.24, 2.45) is 0 Å². The number of aromatic nitrogens is 3. The van der Waals surface area contributed by atoms with Crippen LogP contribution in [0, 0.1) is 0 Å². The van der Waals surface area contributed by atoms with Crippen molar-refractivity contribution in [1.29, 1.82) is 0 Å². The summed E-state index contributed by atoms with van der Waals surface area (Å²) in [6.45, 7) is 0.622. The van der Waals surface area contributed by atoms with E-state index in [0.717, 1.165) is 6.42 Å². The van der Waals surface area contributed by atoms with Crippen LogP contribution in [0.25, 0.3) is 0 Å². The molecule has 6 nitrogen and oxygen atoms in total. The monoisotopic (exact) mass is 197 g/mol. The Morgan fingerprint density at radius 3 is 2.86 bits per heavy atom. The van der Waals surface area contributed by atoms with Gasteiger partial charge in [0.15, 0.2) is 5.82 Å². The van der Waals surface area contributed by atoms with E-state index in [1.165, 1.54) is 11.0 Å². The third kappa shape index (κ3) is 3.04. The molecule has 2 N–H and O–H groups in total. The number of nitrogen functional groups attached to an aromatic ring is 1. The molecule has 78 valence electrons. The molecule has 14 heavy (non-hydrogen) atoms. The first kappa shape index (κ1) is 10.5. The molecule has 0 bridgehead atoms. The van der Waals surface area contributed by atoms with Gasteiger partial charge in [0.05, 0.1) is 12.7 Å². The minimum absolute atomic E-state index is 0.116. The van der Waals surface area contributed by atoms with Crippen molar-refractivity contribution in [2.45, 2.75) is 19.4 Å². The van der Waals surface area contributed by atoms with Crippen LogP contribution in [0.4, 0.5) is 5.82 Å². The van der Waals surface area contributed by atoms with Crippen LogP contribution in [0.3, 0.4) is 0 Å². The first-order valence-electron chi connectivity index (χ1n) is 4.45. The predicted molar refractivity (Wildman–Crippen MR) is 52.4 cm³/mol. The highest BCUT2D eigenvalue weighted by Gasteiger charge is 2.03.